The lowest BCUT2D eigenvalue weighted by Crippen LogP contribution is -2.30. The van der Waals surface area contributed by atoms with Crippen molar-refractivity contribution in [3.63, 3.8) is 0 Å². The van der Waals surface area contributed by atoms with Gasteiger partial charge >= 0.3 is 0 Å². The standard InChI is InChI=1S/C22H26N4O5S/c1-5-26(6-2)32(28,29)18-12-13-20(30-7-3)19(14-18)24-21(27)16-8-10-17(11-9-16)22-23-15(4)25-31-22/h8-14H,5-7H2,1-4H3,(H,24,27). The lowest BCUT2D eigenvalue weighted by atomic mass is 10.1. The Morgan fingerprint density at radius 3 is 2.34 bits per heavy atom. The van der Waals surface area contributed by atoms with Crippen LogP contribution in [0.4, 0.5) is 5.69 Å². The highest BCUT2D eigenvalue weighted by atomic mass is 32.2. The second-order valence-corrected chi connectivity index (χ2v) is 8.80. The third kappa shape index (κ3) is 4.97. The zero-order valence-corrected chi connectivity index (χ0v) is 19.3. The summed E-state index contributed by atoms with van der Waals surface area (Å²) in [5, 5.41) is 6.52. The van der Waals surface area contributed by atoms with Crippen LogP contribution in [0.1, 0.15) is 37.0 Å². The molecule has 0 atom stereocenters. The van der Waals surface area contributed by atoms with Crippen LogP contribution in [-0.4, -0.2) is 48.5 Å². The molecule has 0 radical (unpaired) electrons. The fourth-order valence-corrected chi connectivity index (χ4v) is 4.62. The first-order valence-electron chi connectivity index (χ1n) is 10.3. The molecule has 1 heterocycles. The van der Waals surface area contributed by atoms with Crippen LogP contribution in [0.25, 0.3) is 11.5 Å². The number of aryl methyl sites for hydroxylation is 1. The monoisotopic (exact) mass is 458 g/mol. The molecule has 0 aliphatic carbocycles. The summed E-state index contributed by atoms with van der Waals surface area (Å²) < 4.78 is 37.9. The Morgan fingerprint density at radius 2 is 1.78 bits per heavy atom. The predicted octanol–water partition coefficient (Wildman–Crippen LogP) is 3.73. The Bertz CT molecular complexity index is 1190. The number of anilines is 1. The summed E-state index contributed by atoms with van der Waals surface area (Å²) in [7, 11) is -3.69. The molecule has 0 aliphatic rings. The number of nitrogens with one attached hydrogen (secondary N) is 1. The van der Waals surface area contributed by atoms with Gasteiger partial charge in [-0.05, 0) is 56.3 Å². The Kier molecular flexibility index (Phi) is 7.26. The van der Waals surface area contributed by atoms with Crippen LogP contribution in [0.15, 0.2) is 51.9 Å². The first kappa shape index (κ1) is 23.4. The second kappa shape index (κ2) is 9.92. The number of aromatic nitrogens is 2. The van der Waals surface area contributed by atoms with Gasteiger partial charge in [0.25, 0.3) is 11.8 Å². The van der Waals surface area contributed by atoms with E-state index in [4.69, 9.17) is 9.26 Å². The fraction of sp³-hybridized carbons (Fsp3) is 0.318. The minimum absolute atomic E-state index is 0.0852. The predicted molar refractivity (Wildman–Crippen MR) is 120 cm³/mol. The van der Waals surface area contributed by atoms with Gasteiger partial charge in [0.15, 0.2) is 5.82 Å². The largest absolute Gasteiger partial charge is 0.492 e. The molecule has 2 aromatic carbocycles. The smallest absolute Gasteiger partial charge is 0.257 e. The highest BCUT2D eigenvalue weighted by Gasteiger charge is 2.23. The fourth-order valence-electron chi connectivity index (χ4n) is 3.13. The highest BCUT2D eigenvalue weighted by molar-refractivity contribution is 7.89. The van der Waals surface area contributed by atoms with Crippen molar-refractivity contribution in [2.45, 2.75) is 32.6 Å². The zero-order chi connectivity index (χ0) is 23.3. The molecule has 1 N–H and O–H groups in total. The van der Waals surface area contributed by atoms with Crippen LogP contribution >= 0.6 is 0 Å². The number of hydrogen-bond donors (Lipinski definition) is 1. The number of sulfonamides is 1. The van der Waals surface area contributed by atoms with Crippen molar-refractivity contribution < 1.29 is 22.5 Å². The summed E-state index contributed by atoms with van der Waals surface area (Å²) in [6.07, 6.45) is 0. The average molecular weight is 459 g/mol. The van der Waals surface area contributed by atoms with Gasteiger partial charge in [-0.2, -0.15) is 9.29 Å². The van der Waals surface area contributed by atoms with Crippen LogP contribution in [0.3, 0.4) is 0 Å². The van der Waals surface area contributed by atoms with Gasteiger partial charge in [0, 0.05) is 24.2 Å². The average Bonchev–Trinajstić information content (AvgIpc) is 3.22. The summed E-state index contributed by atoms with van der Waals surface area (Å²) >= 11 is 0. The van der Waals surface area contributed by atoms with Crippen LogP contribution in [0.2, 0.25) is 0 Å². The molecule has 3 rings (SSSR count). The van der Waals surface area contributed by atoms with Crippen LogP contribution in [-0.2, 0) is 10.0 Å². The second-order valence-electron chi connectivity index (χ2n) is 6.86. The van der Waals surface area contributed by atoms with Gasteiger partial charge in [-0.15, -0.1) is 0 Å². The molecule has 0 aliphatic heterocycles. The number of hydrogen-bond acceptors (Lipinski definition) is 7. The molecule has 9 nitrogen and oxygen atoms in total. The Labute approximate surface area is 187 Å². The lowest BCUT2D eigenvalue weighted by molar-refractivity contribution is 0.102. The molecule has 0 saturated heterocycles. The third-order valence-electron chi connectivity index (χ3n) is 4.76. The first-order valence-corrected chi connectivity index (χ1v) is 11.7. The van der Waals surface area contributed by atoms with Crippen LogP contribution in [0, 0.1) is 6.92 Å². The highest BCUT2D eigenvalue weighted by Crippen LogP contribution is 2.30. The van der Waals surface area contributed by atoms with E-state index in [1.807, 2.05) is 6.92 Å². The normalized spacial score (nSPS) is 11.5. The van der Waals surface area contributed by atoms with Gasteiger partial charge in [0.2, 0.25) is 10.0 Å². The molecule has 32 heavy (non-hydrogen) atoms. The third-order valence-corrected chi connectivity index (χ3v) is 6.81. The molecule has 0 spiro atoms. The summed E-state index contributed by atoms with van der Waals surface area (Å²) in [4.78, 5) is 17.1. The molecule has 0 unspecified atom stereocenters. The molecule has 1 aromatic heterocycles. The molecule has 0 saturated carbocycles. The Morgan fingerprint density at radius 1 is 1.09 bits per heavy atom. The number of nitrogens with zero attached hydrogens (tertiary/aromatic N) is 3. The minimum Gasteiger partial charge on any atom is -0.492 e. The molecular weight excluding hydrogens is 432 g/mol. The first-order chi connectivity index (χ1) is 15.3. The lowest BCUT2D eigenvalue weighted by Gasteiger charge is -2.20. The van der Waals surface area contributed by atoms with Gasteiger partial charge in [-0.25, -0.2) is 8.42 Å². The topological polar surface area (TPSA) is 115 Å². The Hall–Kier alpha value is -3.24. The van der Waals surface area contributed by atoms with E-state index in [1.54, 1.807) is 51.1 Å². The van der Waals surface area contributed by atoms with Crippen LogP contribution in [0.5, 0.6) is 5.75 Å². The van der Waals surface area contributed by atoms with Gasteiger partial charge < -0.3 is 14.6 Å². The summed E-state index contributed by atoms with van der Waals surface area (Å²) in [5.74, 6) is 0.862. The van der Waals surface area contributed by atoms with Gasteiger partial charge in [-0.3, -0.25) is 4.79 Å². The number of amides is 1. The maximum atomic E-state index is 12.9. The Balaban J connectivity index is 1.88. The van der Waals surface area contributed by atoms with E-state index in [-0.39, 0.29) is 10.6 Å². The van der Waals surface area contributed by atoms with Crippen molar-refractivity contribution in [3.05, 3.63) is 53.9 Å². The van der Waals surface area contributed by atoms with Gasteiger partial charge in [0.05, 0.1) is 17.2 Å². The van der Waals surface area contributed by atoms with Crippen molar-refractivity contribution in [3.8, 4) is 17.2 Å². The number of rotatable bonds is 9. The van der Waals surface area contributed by atoms with Crippen molar-refractivity contribution in [1.82, 2.24) is 14.4 Å². The minimum atomic E-state index is -3.69. The van der Waals surface area contributed by atoms with Crippen molar-refractivity contribution >= 4 is 21.6 Å². The molecule has 10 heteroatoms. The summed E-state index contributed by atoms with van der Waals surface area (Å²) in [6.45, 7) is 8.14. The molecule has 170 valence electrons. The van der Waals surface area contributed by atoms with E-state index < -0.39 is 15.9 Å². The van der Waals surface area contributed by atoms with Crippen molar-refractivity contribution in [2.75, 3.05) is 25.0 Å². The molecule has 3 aromatic rings. The maximum Gasteiger partial charge on any atom is 0.257 e. The molecule has 1 amide bonds. The van der Waals surface area contributed by atoms with E-state index >= 15 is 0 Å². The number of carbonyl (C=O) groups is 1. The van der Waals surface area contributed by atoms with E-state index in [0.717, 1.165) is 0 Å². The quantitative estimate of drug-likeness (QED) is 0.519. The summed E-state index contributed by atoms with van der Waals surface area (Å²) in [5.41, 5.74) is 1.34. The molecule has 0 bridgehead atoms. The van der Waals surface area contributed by atoms with Gasteiger partial charge in [-0.1, -0.05) is 19.0 Å². The molecular formula is C22H26N4O5S. The van der Waals surface area contributed by atoms with Gasteiger partial charge in [0.1, 0.15) is 5.75 Å². The van der Waals surface area contributed by atoms with Crippen molar-refractivity contribution in [1.29, 1.82) is 0 Å². The maximum absolute atomic E-state index is 12.9. The summed E-state index contributed by atoms with van der Waals surface area (Å²) in [6, 6.07) is 11.1. The zero-order valence-electron chi connectivity index (χ0n) is 18.5. The number of ether oxygens (including phenoxy) is 1. The van der Waals surface area contributed by atoms with E-state index in [0.29, 0.717) is 48.3 Å². The van der Waals surface area contributed by atoms with E-state index in [9.17, 15) is 13.2 Å². The van der Waals surface area contributed by atoms with Crippen molar-refractivity contribution in [2.24, 2.45) is 0 Å². The molecule has 0 fully saturated rings. The van der Waals surface area contributed by atoms with Crippen LogP contribution < -0.4 is 10.1 Å². The number of carbonyl (C=O) groups excluding carboxylic acids is 1. The SMILES string of the molecule is CCOc1ccc(S(=O)(=O)N(CC)CC)cc1NC(=O)c1ccc(-c2nc(C)no2)cc1. The van der Waals surface area contributed by atoms with E-state index in [2.05, 4.69) is 15.5 Å². The van der Waals surface area contributed by atoms with E-state index in [1.165, 1.54) is 16.4 Å². The number of benzene rings is 2.